The number of pyridine rings is 1. The lowest BCUT2D eigenvalue weighted by Crippen LogP contribution is -2.44. The summed E-state index contributed by atoms with van der Waals surface area (Å²) in [6.45, 7) is 0.961. The number of alkyl halides is 3. The second-order valence-corrected chi connectivity index (χ2v) is 9.28. The van der Waals surface area contributed by atoms with E-state index >= 15 is 8.78 Å². The molecular weight excluding hydrogens is 557 g/mol. The molecule has 2 amide bonds. The van der Waals surface area contributed by atoms with Crippen molar-refractivity contribution in [1.82, 2.24) is 9.88 Å². The van der Waals surface area contributed by atoms with E-state index in [1.807, 2.05) is 0 Å². The van der Waals surface area contributed by atoms with Gasteiger partial charge in [0.15, 0.2) is 0 Å². The number of aliphatic hydroxyl groups excluding tert-OH is 1. The Morgan fingerprint density at radius 1 is 1.10 bits per heavy atom. The van der Waals surface area contributed by atoms with E-state index in [2.05, 4.69) is 10.1 Å². The van der Waals surface area contributed by atoms with Crippen LogP contribution in [-0.4, -0.2) is 53.7 Å². The van der Waals surface area contributed by atoms with Gasteiger partial charge in [-0.05, 0) is 43.3 Å². The number of benzene rings is 2. The van der Waals surface area contributed by atoms with Crippen molar-refractivity contribution >= 4 is 17.5 Å². The maximum absolute atomic E-state index is 15.1. The Bertz CT molecular complexity index is 1480. The van der Waals surface area contributed by atoms with Gasteiger partial charge >= 0.3 is 6.36 Å². The van der Waals surface area contributed by atoms with Crippen LogP contribution in [0.25, 0.3) is 0 Å². The van der Waals surface area contributed by atoms with Crippen molar-refractivity contribution in [2.24, 2.45) is 0 Å². The second kappa shape index (κ2) is 11.6. The molecule has 3 aromatic rings. The number of nitrogens with one attached hydrogen (secondary N) is 1. The molecule has 0 spiro atoms. The highest BCUT2D eigenvalue weighted by molar-refractivity contribution is 6.05. The molecule has 0 radical (unpaired) electrons. The maximum atomic E-state index is 15.1. The number of anilines is 1. The summed E-state index contributed by atoms with van der Waals surface area (Å²) in [4.78, 5) is 40.7. The summed E-state index contributed by atoms with van der Waals surface area (Å²) in [6, 6.07) is 6.82. The lowest BCUT2D eigenvalue weighted by atomic mass is 9.92. The van der Waals surface area contributed by atoms with Gasteiger partial charge in [-0.25, -0.2) is 8.78 Å². The van der Waals surface area contributed by atoms with Gasteiger partial charge in [-0.2, -0.15) is 0 Å². The van der Waals surface area contributed by atoms with Crippen LogP contribution in [0.15, 0.2) is 59.5 Å². The van der Waals surface area contributed by atoms with Crippen LogP contribution in [0.1, 0.15) is 28.8 Å². The number of nitrogens with zero attached hydrogens (tertiary/aromatic N) is 2. The lowest BCUT2D eigenvalue weighted by Gasteiger charge is -2.20. The summed E-state index contributed by atoms with van der Waals surface area (Å²) in [7, 11) is 1.20. The number of carbonyl (C=O) groups is 2. The van der Waals surface area contributed by atoms with E-state index in [1.54, 1.807) is 0 Å². The molecule has 9 nitrogen and oxygen atoms in total. The highest BCUT2D eigenvalue weighted by Gasteiger charge is 2.46. The van der Waals surface area contributed by atoms with Gasteiger partial charge in [0.05, 0.1) is 19.8 Å². The number of methoxy groups -OCH3 is 1. The summed E-state index contributed by atoms with van der Waals surface area (Å²) in [5.74, 6) is -5.95. The minimum atomic E-state index is -4.95. The van der Waals surface area contributed by atoms with Crippen LogP contribution in [-0.2, 0) is 11.3 Å². The average Bonchev–Trinajstić information content (AvgIpc) is 3.19. The number of halogens is 5. The first kappa shape index (κ1) is 29.5. The number of amides is 2. The van der Waals surface area contributed by atoms with Crippen molar-refractivity contribution in [2.45, 2.75) is 37.9 Å². The SMILES string of the molecule is COc1cc(F)c([C@@H]2CN(c3cccn(CC(C)O)c3=O)C(=O)[C@H]2NC(=O)c2ccc(OC(F)(F)F)cc2)c(F)c1. The molecule has 1 saturated heterocycles. The summed E-state index contributed by atoms with van der Waals surface area (Å²) < 4.78 is 77.5. The number of hydrogen-bond donors (Lipinski definition) is 2. The fourth-order valence-electron chi connectivity index (χ4n) is 4.59. The number of aliphatic hydroxyl groups is 1. The van der Waals surface area contributed by atoms with Crippen molar-refractivity contribution in [3.05, 3.63) is 87.8 Å². The van der Waals surface area contributed by atoms with Crippen molar-refractivity contribution in [3.63, 3.8) is 0 Å². The number of rotatable bonds is 8. The van der Waals surface area contributed by atoms with Gasteiger partial charge in [-0.1, -0.05) is 0 Å². The average molecular weight is 581 g/mol. The Morgan fingerprint density at radius 3 is 2.29 bits per heavy atom. The quantitative estimate of drug-likeness (QED) is 0.395. The van der Waals surface area contributed by atoms with Crippen LogP contribution < -0.4 is 25.2 Å². The second-order valence-electron chi connectivity index (χ2n) is 9.28. The highest BCUT2D eigenvalue weighted by atomic mass is 19.4. The Labute approximate surface area is 229 Å². The third kappa shape index (κ3) is 6.48. The fraction of sp³-hybridized carbons (Fsp3) is 0.296. The molecule has 3 atom stereocenters. The molecule has 2 heterocycles. The lowest BCUT2D eigenvalue weighted by molar-refractivity contribution is -0.274. The summed E-state index contributed by atoms with van der Waals surface area (Å²) >= 11 is 0. The number of ether oxygens (including phenoxy) is 2. The third-order valence-electron chi connectivity index (χ3n) is 6.36. The molecular formula is C27H24F5N3O6. The summed E-state index contributed by atoms with van der Waals surface area (Å²) in [5, 5.41) is 12.1. The monoisotopic (exact) mass is 581 g/mol. The summed E-state index contributed by atoms with van der Waals surface area (Å²) in [6.07, 6.45) is -4.45. The Kier molecular flexibility index (Phi) is 8.33. The zero-order chi connectivity index (χ0) is 30.1. The molecule has 4 rings (SSSR count). The first-order chi connectivity index (χ1) is 19.3. The van der Waals surface area contributed by atoms with Gasteiger partial charge in [0.2, 0.25) is 5.91 Å². The smallest absolute Gasteiger partial charge is 0.497 e. The molecule has 1 fully saturated rings. The first-order valence-corrected chi connectivity index (χ1v) is 12.2. The normalized spacial score (nSPS) is 17.9. The van der Waals surface area contributed by atoms with Gasteiger partial charge in [0.1, 0.15) is 34.9 Å². The van der Waals surface area contributed by atoms with E-state index in [-0.39, 0.29) is 23.5 Å². The van der Waals surface area contributed by atoms with Crippen LogP contribution >= 0.6 is 0 Å². The Hall–Kier alpha value is -4.46. The predicted molar refractivity (Wildman–Crippen MR) is 135 cm³/mol. The molecule has 2 aromatic carbocycles. The zero-order valence-corrected chi connectivity index (χ0v) is 21.6. The molecule has 2 N–H and O–H groups in total. The standard InChI is InChI=1S/C27H24F5N3O6/c1-14(36)12-34-9-3-4-21(25(34)38)35-13-18(22-19(28)10-17(40-2)11-20(22)29)23(26(35)39)33-24(37)15-5-7-16(8-6-15)41-27(30,31)32/h3-11,14,18,23,36H,12-13H2,1-2H3,(H,33,37)/t14?,18-,23-/m0/s1. The molecule has 41 heavy (non-hydrogen) atoms. The highest BCUT2D eigenvalue weighted by Crippen LogP contribution is 2.36. The van der Waals surface area contributed by atoms with Crippen LogP contribution in [0, 0.1) is 11.6 Å². The van der Waals surface area contributed by atoms with Crippen molar-refractivity contribution in [1.29, 1.82) is 0 Å². The van der Waals surface area contributed by atoms with Crippen LogP contribution in [0.3, 0.4) is 0 Å². The largest absolute Gasteiger partial charge is 0.573 e. The van der Waals surface area contributed by atoms with Gasteiger partial charge in [-0.15, -0.1) is 13.2 Å². The Balaban J connectivity index is 1.71. The van der Waals surface area contributed by atoms with E-state index < -0.39 is 71.3 Å². The maximum Gasteiger partial charge on any atom is 0.573 e. The van der Waals surface area contributed by atoms with E-state index in [4.69, 9.17) is 4.74 Å². The zero-order valence-electron chi connectivity index (χ0n) is 21.6. The predicted octanol–water partition coefficient (Wildman–Crippen LogP) is 3.34. The van der Waals surface area contributed by atoms with E-state index in [1.165, 1.54) is 32.4 Å². The van der Waals surface area contributed by atoms with Gasteiger partial charge in [-0.3, -0.25) is 14.4 Å². The van der Waals surface area contributed by atoms with Crippen molar-refractivity contribution in [3.8, 4) is 11.5 Å². The third-order valence-corrected chi connectivity index (χ3v) is 6.36. The molecule has 1 aromatic heterocycles. The van der Waals surface area contributed by atoms with Gasteiger partial charge < -0.3 is 29.4 Å². The molecule has 1 aliphatic heterocycles. The molecule has 1 aliphatic rings. The first-order valence-electron chi connectivity index (χ1n) is 12.2. The van der Waals surface area contributed by atoms with E-state index in [0.717, 1.165) is 45.9 Å². The Morgan fingerprint density at radius 2 is 1.73 bits per heavy atom. The molecule has 0 bridgehead atoms. The topological polar surface area (TPSA) is 110 Å². The molecule has 14 heteroatoms. The minimum Gasteiger partial charge on any atom is -0.497 e. The number of aromatic nitrogens is 1. The van der Waals surface area contributed by atoms with E-state index in [9.17, 15) is 32.7 Å². The van der Waals surface area contributed by atoms with Crippen molar-refractivity contribution in [2.75, 3.05) is 18.6 Å². The van der Waals surface area contributed by atoms with Crippen LogP contribution in [0.4, 0.5) is 27.6 Å². The van der Waals surface area contributed by atoms with Gasteiger partial charge in [0.25, 0.3) is 11.5 Å². The van der Waals surface area contributed by atoms with Crippen LogP contribution in [0.2, 0.25) is 0 Å². The molecule has 0 saturated carbocycles. The summed E-state index contributed by atoms with van der Waals surface area (Å²) in [5.41, 5.74) is -1.52. The number of hydrogen-bond acceptors (Lipinski definition) is 6. The minimum absolute atomic E-state index is 0.0892. The number of carbonyl (C=O) groups excluding carboxylic acids is 2. The van der Waals surface area contributed by atoms with Crippen molar-refractivity contribution < 1.29 is 46.1 Å². The van der Waals surface area contributed by atoms with E-state index in [0.29, 0.717) is 0 Å². The molecule has 1 unspecified atom stereocenters. The molecule has 218 valence electrons. The fourth-order valence-corrected chi connectivity index (χ4v) is 4.59. The van der Waals surface area contributed by atoms with Crippen LogP contribution in [0.5, 0.6) is 11.5 Å². The van der Waals surface area contributed by atoms with Gasteiger partial charge in [0, 0.05) is 41.9 Å². The molecule has 0 aliphatic carbocycles.